The monoisotopic (exact) mass is 191 g/mol. The highest BCUT2D eigenvalue weighted by Crippen LogP contribution is 2.00. The lowest BCUT2D eigenvalue weighted by atomic mass is 10.2. The largest absolute Gasteiger partial charge is 0.349 e. The molecule has 14 heavy (non-hydrogen) atoms. The fourth-order valence-electron chi connectivity index (χ4n) is 0.998. The van der Waals surface area contributed by atoms with E-state index >= 15 is 0 Å². The Hall–Kier alpha value is -1.68. The highest BCUT2D eigenvalue weighted by atomic mass is 16.1. The van der Waals surface area contributed by atoms with Gasteiger partial charge in [0.1, 0.15) is 0 Å². The molecule has 0 spiro atoms. The van der Waals surface area contributed by atoms with E-state index in [2.05, 4.69) is 16.9 Å². The lowest BCUT2D eigenvalue weighted by molar-refractivity contribution is 0.0958. The maximum atomic E-state index is 11.4. The first kappa shape index (κ1) is 10.4. The van der Waals surface area contributed by atoms with Gasteiger partial charge in [-0.1, -0.05) is 6.08 Å². The van der Waals surface area contributed by atoms with E-state index in [1.54, 1.807) is 24.4 Å². The van der Waals surface area contributed by atoms with Crippen LogP contribution in [-0.2, 0) is 6.54 Å². The van der Waals surface area contributed by atoms with E-state index in [1.165, 1.54) is 0 Å². The molecule has 0 fully saturated rings. The first-order chi connectivity index (χ1) is 6.77. The number of nitrogens with two attached hydrogens (primary N) is 1. The van der Waals surface area contributed by atoms with Crippen LogP contribution in [0.2, 0.25) is 0 Å². The molecule has 0 unspecified atom stereocenters. The van der Waals surface area contributed by atoms with Crippen LogP contribution < -0.4 is 11.1 Å². The van der Waals surface area contributed by atoms with Crippen molar-refractivity contribution in [3.8, 4) is 0 Å². The molecule has 1 aromatic heterocycles. The summed E-state index contributed by atoms with van der Waals surface area (Å²) in [6, 6.07) is 3.33. The number of hydrogen-bond acceptors (Lipinski definition) is 3. The van der Waals surface area contributed by atoms with Crippen LogP contribution in [-0.4, -0.2) is 17.4 Å². The van der Waals surface area contributed by atoms with Crippen LogP contribution in [0.4, 0.5) is 0 Å². The maximum Gasteiger partial charge on any atom is 0.251 e. The van der Waals surface area contributed by atoms with E-state index in [4.69, 9.17) is 5.73 Å². The zero-order valence-electron chi connectivity index (χ0n) is 7.86. The number of carbonyl (C=O) groups excluding carboxylic acids is 1. The van der Waals surface area contributed by atoms with Crippen molar-refractivity contribution in [1.29, 1.82) is 0 Å². The Kier molecular flexibility index (Phi) is 3.82. The Morgan fingerprint density at radius 2 is 2.50 bits per heavy atom. The highest BCUT2D eigenvalue weighted by molar-refractivity contribution is 5.94. The van der Waals surface area contributed by atoms with Gasteiger partial charge >= 0.3 is 0 Å². The predicted octanol–water partition coefficient (Wildman–Crippen LogP) is 0.456. The van der Waals surface area contributed by atoms with Gasteiger partial charge in [-0.05, 0) is 12.1 Å². The molecule has 0 aliphatic carbocycles. The zero-order chi connectivity index (χ0) is 10.4. The average Bonchev–Trinajstić information content (AvgIpc) is 2.26. The van der Waals surface area contributed by atoms with Gasteiger partial charge in [0.05, 0.1) is 5.69 Å². The number of aromatic nitrogens is 1. The predicted molar refractivity (Wildman–Crippen MR) is 54.7 cm³/mol. The molecule has 4 nitrogen and oxygen atoms in total. The normalized spacial score (nSPS) is 9.50. The molecule has 1 aromatic rings. The van der Waals surface area contributed by atoms with E-state index in [-0.39, 0.29) is 5.91 Å². The number of hydrogen-bond donors (Lipinski definition) is 2. The molecular formula is C10H13N3O. The molecule has 0 bridgehead atoms. The molecular weight excluding hydrogens is 178 g/mol. The molecule has 4 heteroatoms. The van der Waals surface area contributed by atoms with Gasteiger partial charge in [-0.25, -0.2) is 0 Å². The van der Waals surface area contributed by atoms with Crippen molar-refractivity contribution >= 4 is 5.91 Å². The van der Waals surface area contributed by atoms with Gasteiger partial charge in [0, 0.05) is 24.8 Å². The molecule has 0 saturated heterocycles. The summed E-state index contributed by atoms with van der Waals surface area (Å²) in [5.74, 6) is -0.137. The first-order valence-electron chi connectivity index (χ1n) is 4.32. The molecule has 0 saturated carbocycles. The number of nitrogens with one attached hydrogen (secondary N) is 1. The molecule has 0 atom stereocenters. The third-order valence-corrected chi connectivity index (χ3v) is 1.69. The Labute approximate surface area is 82.8 Å². The Morgan fingerprint density at radius 1 is 1.71 bits per heavy atom. The topological polar surface area (TPSA) is 68.0 Å². The summed E-state index contributed by atoms with van der Waals surface area (Å²) in [5, 5.41) is 2.67. The fourth-order valence-corrected chi connectivity index (χ4v) is 0.998. The van der Waals surface area contributed by atoms with E-state index in [9.17, 15) is 4.79 Å². The van der Waals surface area contributed by atoms with Crippen LogP contribution >= 0.6 is 0 Å². The van der Waals surface area contributed by atoms with Gasteiger partial charge in [-0.3, -0.25) is 9.78 Å². The van der Waals surface area contributed by atoms with Gasteiger partial charge < -0.3 is 11.1 Å². The van der Waals surface area contributed by atoms with Gasteiger partial charge in [-0.15, -0.1) is 6.58 Å². The quantitative estimate of drug-likeness (QED) is 0.679. The van der Waals surface area contributed by atoms with Crippen molar-refractivity contribution in [3.05, 3.63) is 42.2 Å². The van der Waals surface area contributed by atoms with Gasteiger partial charge in [0.2, 0.25) is 0 Å². The van der Waals surface area contributed by atoms with Crippen LogP contribution in [0.25, 0.3) is 0 Å². The number of nitrogens with zero attached hydrogens (tertiary/aromatic N) is 1. The summed E-state index contributed by atoms with van der Waals surface area (Å²) in [7, 11) is 0. The Morgan fingerprint density at radius 3 is 3.14 bits per heavy atom. The summed E-state index contributed by atoms with van der Waals surface area (Å²) < 4.78 is 0. The number of carbonyl (C=O) groups is 1. The van der Waals surface area contributed by atoms with Crippen molar-refractivity contribution in [2.75, 3.05) is 6.54 Å². The number of pyridine rings is 1. The highest BCUT2D eigenvalue weighted by Gasteiger charge is 2.04. The summed E-state index contributed by atoms with van der Waals surface area (Å²) in [5.41, 5.74) is 6.69. The summed E-state index contributed by atoms with van der Waals surface area (Å²) in [6.07, 6.45) is 3.20. The lowest BCUT2D eigenvalue weighted by Crippen LogP contribution is -2.23. The molecule has 0 aromatic carbocycles. The van der Waals surface area contributed by atoms with E-state index in [0.717, 1.165) is 0 Å². The molecule has 1 rings (SSSR count). The molecule has 0 aliphatic heterocycles. The fraction of sp³-hybridized carbons (Fsp3) is 0.200. The third-order valence-electron chi connectivity index (χ3n) is 1.69. The van der Waals surface area contributed by atoms with Crippen molar-refractivity contribution in [1.82, 2.24) is 10.3 Å². The molecule has 1 amide bonds. The van der Waals surface area contributed by atoms with Crippen LogP contribution in [0.1, 0.15) is 16.1 Å². The van der Waals surface area contributed by atoms with Crippen LogP contribution in [0.15, 0.2) is 31.0 Å². The van der Waals surface area contributed by atoms with Gasteiger partial charge in [-0.2, -0.15) is 0 Å². The van der Waals surface area contributed by atoms with Gasteiger partial charge in [0.25, 0.3) is 5.91 Å². The molecule has 0 aliphatic rings. The standard InChI is InChI=1S/C10H13N3O/c1-2-4-13-10(14)8-3-5-12-9(6-8)7-11/h2-3,5-6H,1,4,7,11H2,(H,13,14). The average molecular weight is 191 g/mol. The summed E-state index contributed by atoms with van der Waals surface area (Å²) in [6.45, 7) is 4.31. The second-order valence-corrected chi connectivity index (χ2v) is 2.74. The lowest BCUT2D eigenvalue weighted by Gasteiger charge is -2.03. The second-order valence-electron chi connectivity index (χ2n) is 2.74. The van der Waals surface area contributed by atoms with Crippen molar-refractivity contribution < 1.29 is 4.79 Å². The molecule has 0 radical (unpaired) electrons. The summed E-state index contributed by atoms with van der Waals surface area (Å²) in [4.78, 5) is 15.4. The number of amides is 1. The third kappa shape index (κ3) is 2.67. The minimum Gasteiger partial charge on any atom is -0.349 e. The van der Waals surface area contributed by atoms with Crippen molar-refractivity contribution in [2.24, 2.45) is 5.73 Å². The Balaban J connectivity index is 2.73. The van der Waals surface area contributed by atoms with Crippen LogP contribution in [0.5, 0.6) is 0 Å². The first-order valence-corrected chi connectivity index (χ1v) is 4.32. The Bertz CT molecular complexity index is 336. The molecule has 74 valence electrons. The summed E-state index contributed by atoms with van der Waals surface area (Å²) >= 11 is 0. The van der Waals surface area contributed by atoms with Crippen LogP contribution in [0.3, 0.4) is 0 Å². The van der Waals surface area contributed by atoms with Gasteiger partial charge in [0.15, 0.2) is 0 Å². The minimum absolute atomic E-state index is 0.137. The maximum absolute atomic E-state index is 11.4. The van der Waals surface area contributed by atoms with Crippen LogP contribution in [0, 0.1) is 0 Å². The molecule has 1 heterocycles. The SMILES string of the molecule is C=CCNC(=O)c1ccnc(CN)c1. The van der Waals surface area contributed by atoms with E-state index in [0.29, 0.717) is 24.3 Å². The minimum atomic E-state index is -0.137. The zero-order valence-corrected chi connectivity index (χ0v) is 7.86. The second kappa shape index (κ2) is 5.14. The number of rotatable bonds is 4. The van der Waals surface area contributed by atoms with Crippen molar-refractivity contribution in [2.45, 2.75) is 6.54 Å². The molecule has 3 N–H and O–H groups in total. The van der Waals surface area contributed by atoms with E-state index < -0.39 is 0 Å². The van der Waals surface area contributed by atoms with Crippen molar-refractivity contribution in [3.63, 3.8) is 0 Å². The smallest absolute Gasteiger partial charge is 0.251 e. The van der Waals surface area contributed by atoms with E-state index in [1.807, 2.05) is 0 Å².